The van der Waals surface area contributed by atoms with E-state index in [1.54, 1.807) is 17.8 Å². The Labute approximate surface area is 117 Å². The van der Waals surface area contributed by atoms with Crippen molar-refractivity contribution in [3.8, 4) is 0 Å². The molecule has 1 saturated heterocycles. The molecule has 2 unspecified atom stereocenters. The molecule has 0 spiro atoms. The molecule has 106 valence electrons. The predicted octanol–water partition coefficient (Wildman–Crippen LogP) is 0.937. The quantitative estimate of drug-likeness (QED) is 0.842. The fourth-order valence-corrected chi connectivity index (χ4v) is 2.81. The number of likely N-dealkylation sites (N-methyl/N-ethyl adjacent to an activating group) is 1. The summed E-state index contributed by atoms with van der Waals surface area (Å²) in [5.41, 5.74) is 0. The maximum Gasteiger partial charge on any atom is 0.287 e. The topological polar surface area (TPSA) is 65.7 Å². The van der Waals surface area contributed by atoms with Gasteiger partial charge in [0.2, 0.25) is 0 Å². The van der Waals surface area contributed by atoms with Crippen LogP contribution in [0.2, 0.25) is 0 Å². The highest BCUT2D eigenvalue weighted by Gasteiger charge is 2.30. The third-order valence-corrected chi connectivity index (χ3v) is 3.98. The number of carbonyl (C=O) groups excluding carboxylic acids is 1. The van der Waals surface area contributed by atoms with Crippen LogP contribution in [0, 0.1) is 0 Å². The smallest absolute Gasteiger partial charge is 0.287 e. The summed E-state index contributed by atoms with van der Waals surface area (Å²) in [6.45, 7) is 0.886. The van der Waals surface area contributed by atoms with E-state index in [4.69, 9.17) is 4.42 Å². The molecule has 19 heavy (non-hydrogen) atoms. The largest absolute Gasteiger partial charge is 0.455 e. The van der Waals surface area contributed by atoms with Crippen molar-refractivity contribution in [3.05, 3.63) is 23.7 Å². The summed E-state index contributed by atoms with van der Waals surface area (Å²) in [6, 6.07) is 3.75. The standard InChI is InChI=1S/C13H20N2O3S/c1-15-6-9(5-10(15)7-16)14-13(17)12-4-3-11(18-12)8-19-2/h3-4,9-10,16H,5-8H2,1-2H3,(H,14,17). The summed E-state index contributed by atoms with van der Waals surface area (Å²) < 4.78 is 5.48. The fraction of sp³-hybridized carbons (Fsp3) is 0.615. The second-order valence-corrected chi connectivity index (χ2v) is 5.75. The third-order valence-electron chi connectivity index (χ3n) is 3.41. The van der Waals surface area contributed by atoms with Crippen molar-refractivity contribution in [2.75, 3.05) is 26.5 Å². The number of hydrogen-bond donors (Lipinski definition) is 2. The normalized spacial score (nSPS) is 23.7. The summed E-state index contributed by atoms with van der Waals surface area (Å²) in [5.74, 6) is 1.77. The highest BCUT2D eigenvalue weighted by atomic mass is 32.2. The van der Waals surface area contributed by atoms with E-state index in [-0.39, 0.29) is 24.6 Å². The van der Waals surface area contributed by atoms with Gasteiger partial charge in [0, 0.05) is 18.6 Å². The Bertz CT molecular complexity index is 435. The molecule has 0 saturated carbocycles. The monoisotopic (exact) mass is 284 g/mol. The summed E-state index contributed by atoms with van der Waals surface area (Å²) in [5, 5.41) is 12.1. The van der Waals surface area contributed by atoms with Gasteiger partial charge in [-0.25, -0.2) is 0 Å². The van der Waals surface area contributed by atoms with Crippen LogP contribution >= 0.6 is 11.8 Å². The molecule has 6 heteroatoms. The highest BCUT2D eigenvalue weighted by Crippen LogP contribution is 2.17. The van der Waals surface area contributed by atoms with E-state index in [0.29, 0.717) is 5.76 Å². The van der Waals surface area contributed by atoms with Gasteiger partial charge in [0.15, 0.2) is 5.76 Å². The lowest BCUT2D eigenvalue weighted by Crippen LogP contribution is -2.36. The van der Waals surface area contributed by atoms with Crippen LogP contribution in [0.1, 0.15) is 22.7 Å². The number of nitrogens with zero attached hydrogens (tertiary/aromatic N) is 1. The lowest BCUT2D eigenvalue weighted by molar-refractivity contribution is 0.0909. The summed E-state index contributed by atoms with van der Waals surface area (Å²) in [6.07, 6.45) is 2.77. The zero-order chi connectivity index (χ0) is 13.8. The molecular weight excluding hydrogens is 264 g/mol. The molecule has 2 atom stereocenters. The number of thioether (sulfide) groups is 1. The van der Waals surface area contributed by atoms with Crippen LogP contribution in [0.25, 0.3) is 0 Å². The molecule has 0 radical (unpaired) electrons. The Morgan fingerprint density at radius 1 is 1.63 bits per heavy atom. The van der Waals surface area contributed by atoms with Crippen molar-refractivity contribution >= 4 is 17.7 Å². The Morgan fingerprint density at radius 2 is 2.42 bits per heavy atom. The van der Waals surface area contributed by atoms with Crippen molar-refractivity contribution in [1.29, 1.82) is 0 Å². The Morgan fingerprint density at radius 3 is 3.05 bits per heavy atom. The summed E-state index contributed by atoms with van der Waals surface area (Å²) in [7, 11) is 1.95. The minimum Gasteiger partial charge on any atom is -0.455 e. The minimum absolute atomic E-state index is 0.0729. The maximum absolute atomic E-state index is 12.0. The molecule has 1 fully saturated rings. The number of amides is 1. The van der Waals surface area contributed by atoms with Crippen LogP contribution in [0.3, 0.4) is 0 Å². The number of furan rings is 1. The molecule has 1 aromatic rings. The van der Waals surface area contributed by atoms with Gasteiger partial charge in [0.1, 0.15) is 5.76 Å². The number of carbonyl (C=O) groups is 1. The molecular formula is C13H20N2O3S. The van der Waals surface area contributed by atoms with E-state index in [0.717, 1.165) is 24.5 Å². The molecule has 2 N–H and O–H groups in total. The van der Waals surface area contributed by atoms with Crippen LogP contribution in [-0.4, -0.2) is 54.5 Å². The molecule has 1 aromatic heterocycles. The van der Waals surface area contributed by atoms with E-state index in [1.165, 1.54) is 0 Å². The molecule has 0 aromatic carbocycles. The van der Waals surface area contributed by atoms with E-state index >= 15 is 0 Å². The molecule has 0 bridgehead atoms. The average molecular weight is 284 g/mol. The van der Waals surface area contributed by atoms with Crippen LogP contribution in [0.5, 0.6) is 0 Å². The van der Waals surface area contributed by atoms with Gasteiger partial charge in [0.25, 0.3) is 5.91 Å². The molecule has 0 aliphatic carbocycles. The van der Waals surface area contributed by atoms with Crippen molar-refractivity contribution in [2.24, 2.45) is 0 Å². The number of hydrogen-bond acceptors (Lipinski definition) is 5. The Kier molecular flexibility index (Phi) is 4.90. The van der Waals surface area contributed by atoms with Gasteiger partial charge < -0.3 is 14.8 Å². The van der Waals surface area contributed by atoms with E-state index < -0.39 is 0 Å². The van der Waals surface area contributed by atoms with Crippen LogP contribution in [-0.2, 0) is 5.75 Å². The molecule has 1 aliphatic heterocycles. The lowest BCUT2D eigenvalue weighted by Gasteiger charge is -2.15. The third kappa shape index (κ3) is 3.52. The number of nitrogens with one attached hydrogen (secondary N) is 1. The second-order valence-electron chi connectivity index (χ2n) is 4.88. The lowest BCUT2D eigenvalue weighted by atomic mass is 10.2. The summed E-state index contributed by atoms with van der Waals surface area (Å²) in [4.78, 5) is 14.1. The molecule has 5 nitrogen and oxygen atoms in total. The highest BCUT2D eigenvalue weighted by molar-refractivity contribution is 7.97. The molecule has 2 heterocycles. The van der Waals surface area contributed by atoms with Gasteiger partial charge in [-0.15, -0.1) is 0 Å². The van der Waals surface area contributed by atoms with E-state index in [1.807, 2.05) is 19.4 Å². The van der Waals surface area contributed by atoms with Crippen LogP contribution in [0.15, 0.2) is 16.5 Å². The van der Waals surface area contributed by atoms with E-state index in [9.17, 15) is 9.90 Å². The average Bonchev–Trinajstić information content (AvgIpc) is 2.96. The van der Waals surface area contributed by atoms with Crippen molar-refractivity contribution < 1.29 is 14.3 Å². The van der Waals surface area contributed by atoms with Crippen LogP contribution < -0.4 is 5.32 Å². The first-order valence-corrected chi connectivity index (χ1v) is 7.73. The van der Waals surface area contributed by atoms with Crippen LogP contribution in [0.4, 0.5) is 0 Å². The number of aliphatic hydroxyl groups is 1. The predicted molar refractivity (Wildman–Crippen MR) is 75.3 cm³/mol. The van der Waals surface area contributed by atoms with E-state index in [2.05, 4.69) is 10.2 Å². The molecule has 2 rings (SSSR count). The van der Waals surface area contributed by atoms with Gasteiger partial charge >= 0.3 is 0 Å². The van der Waals surface area contributed by atoms with Gasteiger partial charge in [-0.3, -0.25) is 9.69 Å². The minimum atomic E-state index is -0.177. The Hall–Kier alpha value is -0.980. The van der Waals surface area contributed by atoms with Gasteiger partial charge in [-0.2, -0.15) is 11.8 Å². The first kappa shape index (κ1) is 14.4. The molecule has 1 aliphatic rings. The number of likely N-dealkylation sites (tertiary alicyclic amines) is 1. The number of aliphatic hydroxyl groups excluding tert-OH is 1. The molecule has 1 amide bonds. The fourth-order valence-electron chi connectivity index (χ4n) is 2.37. The van der Waals surface area contributed by atoms with Gasteiger partial charge in [-0.1, -0.05) is 0 Å². The second kappa shape index (κ2) is 6.45. The zero-order valence-electron chi connectivity index (χ0n) is 11.3. The first-order chi connectivity index (χ1) is 9.13. The summed E-state index contributed by atoms with van der Waals surface area (Å²) >= 11 is 1.66. The SMILES string of the molecule is CSCc1ccc(C(=O)NC2CC(CO)N(C)C2)o1. The zero-order valence-corrected chi connectivity index (χ0v) is 12.1. The first-order valence-electron chi connectivity index (χ1n) is 6.33. The van der Waals surface area contributed by atoms with Gasteiger partial charge in [-0.05, 0) is 31.9 Å². The maximum atomic E-state index is 12.0. The van der Waals surface area contributed by atoms with Crippen molar-refractivity contribution in [1.82, 2.24) is 10.2 Å². The Balaban J connectivity index is 1.90. The van der Waals surface area contributed by atoms with Crippen molar-refractivity contribution in [3.63, 3.8) is 0 Å². The number of rotatable bonds is 5. The van der Waals surface area contributed by atoms with Gasteiger partial charge in [0.05, 0.1) is 12.4 Å². The van der Waals surface area contributed by atoms with Crippen molar-refractivity contribution in [2.45, 2.75) is 24.3 Å².